The monoisotopic (exact) mass is 549 g/mol. The Labute approximate surface area is 240 Å². The molecule has 210 valence electrons. The van der Waals surface area contributed by atoms with Gasteiger partial charge in [0, 0.05) is 24.4 Å². The first-order valence-corrected chi connectivity index (χ1v) is 14.4. The van der Waals surface area contributed by atoms with Crippen LogP contribution >= 0.6 is 0 Å². The molecular weight excluding hydrogens is 514 g/mol. The predicted molar refractivity (Wildman–Crippen MR) is 159 cm³/mol. The van der Waals surface area contributed by atoms with Gasteiger partial charge in [-0.2, -0.15) is 0 Å². The van der Waals surface area contributed by atoms with Gasteiger partial charge in [-0.15, -0.1) is 0 Å². The Morgan fingerprint density at radius 1 is 0.878 bits per heavy atom. The Morgan fingerprint density at radius 2 is 1.61 bits per heavy atom. The molecule has 2 unspecified atom stereocenters. The number of amides is 1. The number of hydrogen-bond acceptors (Lipinski definition) is 5. The van der Waals surface area contributed by atoms with Crippen molar-refractivity contribution in [1.29, 1.82) is 0 Å². The second kappa shape index (κ2) is 11.9. The van der Waals surface area contributed by atoms with Gasteiger partial charge in [0.2, 0.25) is 5.43 Å². The number of nitrogens with zero attached hydrogens (tertiary/aromatic N) is 3. The summed E-state index contributed by atoms with van der Waals surface area (Å²) in [5, 5.41) is 2.14. The zero-order chi connectivity index (χ0) is 28.2. The Bertz CT molecular complexity index is 1550. The van der Waals surface area contributed by atoms with E-state index in [1.165, 1.54) is 6.07 Å². The molecule has 1 amide bonds. The number of pyridine rings is 1. The summed E-state index contributed by atoms with van der Waals surface area (Å²) in [6.45, 7) is 4.00. The van der Waals surface area contributed by atoms with E-state index in [4.69, 9.17) is 9.47 Å². The van der Waals surface area contributed by atoms with Gasteiger partial charge in [0.25, 0.3) is 5.91 Å². The summed E-state index contributed by atoms with van der Waals surface area (Å²) >= 11 is 0. The van der Waals surface area contributed by atoms with E-state index in [0.29, 0.717) is 25.7 Å². The normalized spacial score (nSPS) is 19.1. The molecule has 0 saturated carbocycles. The largest absolute Gasteiger partial charge is 0.493 e. The number of benzene rings is 3. The molecule has 0 spiro atoms. The molecule has 3 aromatic carbocycles. The third kappa shape index (κ3) is 5.57. The number of fused-ring (bicyclic) bond motifs is 5. The smallest absolute Gasteiger partial charge is 0.277 e. The molecule has 0 aliphatic carbocycles. The zero-order valence-corrected chi connectivity index (χ0v) is 23.3. The second-order valence-electron chi connectivity index (χ2n) is 10.9. The van der Waals surface area contributed by atoms with Crippen molar-refractivity contribution in [2.75, 3.05) is 24.8 Å². The van der Waals surface area contributed by atoms with Crippen LogP contribution in [0.4, 0.5) is 0 Å². The van der Waals surface area contributed by atoms with Crippen molar-refractivity contribution in [2.45, 2.75) is 38.8 Å². The quantitative estimate of drug-likeness (QED) is 0.324. The van der Waals surface area contributed by atoms with Gasteiger partial charge in [0.1, 0.15) is 25.1 Å². The molecule has 6 rings (SSSR count). The van der Waals surface area contributed by atoms with Crippen molar-refractivity contribution >= 4 is 5.91 Å². The number of rotatable bonds is 4. The molecule has 0 saturated heterocycles. The highest BCUT2D eigenvalue weighted by Gasteiger charge is 2.37. The summed E-state index contributed by atoms with van der Waals surface area (Å²) in [5.41, 5.74) is 2.91. The average molecular weight is 550 g/mol. The van der Waals surface area contributed by atoms with Crippen molar-refractivity contribution in [2.24, 2.45) is 5.92 Å². The highest BCUT2D eigenvalue weighted by Crippen LogP contribution is 2.37. The van der Waals surface area contributed by atoms with Gasteiger partial charge in [0.05, 0.1) is 6.61 Å². The summed E-state index contributed by atoms with van der Waals surface area (Å²) in [5.74, 6) is 1.16. The van der Waals surface area contributed by atoms with Crippen molar-refractivity contribution < 1.29 is 14.3 Å². The van der Waals surface area contributed by atoms with Gasteiger partial charge < -0.3 is 14.4 Å². The molecular formula is C34H35N3O4. The van der Waals surface area contributed by atoms with Crippen molar-refractivity contribution in [3.05, 3.63) is 130 Å². The van der Waals surface area contributed by atoms with E-state index in [-0.39, 0.29) is 35.4 Å². The van der Waals surface area contributed by atoms with Crippen LogP contribution in [0.1, 0.15) is 59.4 Å². The van der Waals surface area contributed by atoms with Crippen LogP contribution in [-0.2, 0) is 6.61 Å². The Morgan fingerprint density at radius 3 is 2.41 bits per heavy atom. The van der Waals surface area contributed by atoms with Crippen molar-refractivity contribution in [1.82, 2.24) is 9.58 Å². The predicted octanol–water partition coefficient (Wildman–Crippen LogP) is 5.77. The highest BCUT2D eigenvalue weighted by molar-refractivity contribution is 5.96. The fraction of sp³-hybridized carbons (Fsp3) is 0.294. The van der Waals surface area contributed by atoms with E-state index in [1.807, 2.05) is 76.3 Å². The van der Waals surface area contributed by atoms with E-state index >= 15 is 0 Å². The minimum atomic E-state index is -0.311. The van der Waals surface area contributed by atoms with Crippen LogP contribution in [0.25, 0.3) is 0 Å². The van der Waals surface area contributed by atoms with Gasteiger partial charge in [-0.25, -0.2) is 0 Å². The van der Waals surface area contributed by atoms with Crippen molar-refractivity contribution in [3.8, 4) is 11.5 Å². The Kier molecular flexibility index (Phi) is 7.76. The average Bonchev–Trinajstić information content (AvgIpc) is 3.01. The summed E-state index contributed by atoms with van der Waals surface area (Å²) in [6, 6.07) is 29.2. The molecule has 2 atom stereocenters. The molecule has 0 N–H and O–H groups in total. The number of carbonyl (C=O) groups excluding carboxylic acids is 1. The summed E-state index contributed by atoms with van der Waals surface area (Å²) < 4.78 is 14.4. The minimum absolute atomic E-state index is 0.0742. The molecule has 3 heterocycles. The summed E-state index contributed by atoms with van der Waals surface area (Å²) in [7, 11) is 0. The number of aromatic nitrogens is 1. The summed E-state index contributed by atoms with van der Waals surface area (Å²) in [6.07, 6.45) is 4.48. The number of hydrogen-bond donors (Lipinski definition) is 0. The lowest BCUT2D eigenvalue weighted by atomic mass is 9.97. The maximum absolute atomic E-state index is 14.1. The fourth-order valence-corrected chi connectivity index (χ4v) is 5.75. The first kappa shape index (κ1) is 26.7. The third-order valence-corrected chi connectivity index (χ3v) is 7.96. The topological polar surface area (TPSA) is 64.0 Å². The molecule has 1 aromatic heterocycles. The number of carbonyl (C=O) groups is 1. The first-order chi connectivity index (χ1) is 20.1. The molecule has 2 bridgehead atoms. The van der Waals surface area contributed by atoms with Crippen LogP contribution in [0.5, 0.6) is 11.5 Å². The lowest BCUT2D eigenvalue weighted by molar-refractivity contribution is 0.0671. The molecule has 2 aliphatic heterocycles. The van der Waals surface area contributed by atoms with Crippen LogP contribution in [0, 0.1) is 5.92 Å². The van der Waals surface area contributed by atoms with Crippen LogP contribution in [0.15, 0.2) is 102 Å². The Balaban J connectivity index is 1.52. The number of para-hydroxylation sites is 1. The van der Waals surface area contributed by atoms with E-state index in [9.17, 15) is 9.59 Å². The molecule has 0 fully saturated rings. The van der Waals surface area contributed by atoms with Gasteiger partial charge in [-0.3, -0.25) is 19.3 Å². The molecule has 2 aliphatic rings. The molecule has 41 heavy (non-hydrogen) atoms. The zero-order valence-electron chi connectivity index (χ0n) is 23.3. The maximum Gasteiger partial charge on any atom is 0.277 e. The van der Waals surface area contributed by atoms with Gasteiger partial charge in [-0.1, -0.05) is 85.8 Å². The van der Waals surface area contributed by atoms with Crippen molar-refractivity contribution in [3.63, 3.8) is 0 Å². The van der Waals surface area contributed by atoms with E-state index in [1.54, 1.807) is 6.20 Å². The Hall–Kier alpha value is -4.52. The molecule has 7 heteroatoms. The first-order valence-electron chi connectivity index (χ1n) is 14.4. The van der Waals surface area contributed by atoms with E-state index in [2.05, 4.69) is 30.1 Å². The van der Waals surface area contributed by atoms with Crippen LogP contribution in [0.2, 0.25) is 0 Å². The van der Waals surface area contributed by atoms with Gasteiger partial charge >= 0.3 is 0 Å². The molecule has 7 nitrogen and oxygen atoms in total. The van der Waals surface area contributed by atoms with Gasteiger partial charge in [-0.05, 0) is 42.4 Å². The standard InChI is InChI=1S/C34H35N3O4/c1-25-11-10-20-35-24-37(31(27-14-6-3-7-15-27)28-16-8-9-17-30(28)40-22-19-25)36-21-18-29(38)33(32(36)34(35)39)41-23-26-12-4-2-5-13-26/h2-9,12-18,21,25,31H,10-11,19-20,22-24H2,1H3. The van der Waals surface area contributed by atoms with E-state index in [0.717, 1.165) is 41.7 Å². The third-order valence-electron chi connectivity index (χ3n) is 7.96. The fourth-order valence-electron chi connectivity index (χ4n) is 5.75. The molecule has 4 aromatic rings. The number of ether oxygens (including phenoxy) is 2. The lowest BCUT2D eigenvalue weighted by Crippen LogP contribution is -2.55. The SMILES string of the molecule is CC1CCCN2CN(C(c3ccccc3)c3ccccc3OCC1)n1ccc(=O)c(OCc3ccccc3)c1C2=O. The molecule has 0 radical (unpaired) electrons. The van der Waals surface area contributed by atoms with Crippen LogP contribution in [-0.4, -0.2) is 35.3 Å². The lowest BCUT2D eigenvalue weighted by Gasteiger charge is -2.44. The highest BCUT2D eigenvalue weighted by atomic mass is 16.5. The summed E-state index contributed by atoms with van der Waals surface area (Å²) in [4.78, 5) is 29.2. The minimum Gasteiger partial charge on any atom is -0.493 e. The van der Waals surface area contributed by atoms with Crippen LogP contribution in [0.3, 0.4) is 0 Å². The van der Waals surface area contributed by atoms with Gasteiger partial charge in [0.15, 0.2) is 11.4 Å². The second-order valence-corrected chi connectivity index (χ2v) is 10.9. The van der Waals surface area contributed by atoms with Crippen LogP contribution < -0.4 is 19.9 Å². The maximum atomic E-state index is 14.1. The van der Waals surface area contributed by atoms with E-state index < -0.39 is 0 Å².